The van der Waals surface area contributed by atoms with Crippen molar-refractivity contribution in [1.82, 2.24) is 9.80 Å². The summed E-state index contributed by atoms with van der Waals surface area (Å²) >= 11 is 6.30. The minimum atomic E-state index is -0.427. The molecule has 3 fully saturated rings. The van der Waals surface area contributed by atoms with E-state index in [1.165, 1.54) is 0 Å². The van der Waals surface area contributed by atoms with E-state index >= 15 is 0 Å². The van der Waals surface area contributed by atoms with Gasteiger partial charge in [-0.2, -0.15) is 0 Å². The second kappa shape index (κ2) is 7.61. The molecule has 1 atom stereocenters. The molecule has 1 amide bonds. The minimum absolute atomic E-state index is 0.0970. The number of nitrogens with zero attached hydrogens (tertiary/aromatic N) is 2. The van der Waals surface area contributed by atoms with E-state index in [2.05, 4.69) is 9.80 Å². The normalized spacial score (nSPS) is 32.4. The van der Waals surface area contributed by atoms with Crippen LogP contribution >= 0.6 is 11.6 Å². The van der Waals surface area contributed by atoms with Crippen LogP contribution in [0.1, 0.15) is 56.9 Å². The Bertz CT molecular complexity index is 705. The first-order valence-corrected chi connectivity index (χ1v) is 10.6. The number of hydrogen-bond acceptors (Lipinski definition) is 4. The number of benzene rings is 1. The number of carbonyl (C=O) groups is 1. The van der Waals surface area contributed by atoms with E-state index in [-0.39, 0.29) is 23.8 Å². The lowest BCUT2D eigenvalue weighted by molar-refractivity contribution is -0.152. The highest BCUT2D eigenvalue weighted by Gasteiger charge is 2.52. The summed E-state index contributed by atoms with van der Waals surface area (Å²) in [6.07, 6.45) is 7.03. The van der Waals surface area contributed by atoms with Gasteiger partial charge in [0.15, 0.2) is 0 Å². The molecule has 1 unspecified atom stereocenters. The topological polar surface area (TPSA) is 64.0 Å². The SMILES string of the molecule is O=C1N(C2CCC(O)CC2)CCCC12CCCN2Cc1cccc(O)c1Cl. The van der Waals surface area contributed by atoms with Crippen molar-refractivity contribution in [2.24, 2.45) is 0 Å². The number of phenols is 1. The molecule has 6 heteroatoms. The van der Waals surface area contributed by atoms with Crippen LogP contribution in [0.25, 0.3) is 0 Å². The number of aromatic hydroxyl groups is 1. The third kappa shape index (κ3) is 3.45. The Kier molecular flexibility index (Phi) is 5.36. The molecule has 1 aromatic rings. The van der Waals surface area contributed by atoms with Crippen LogP contribution in [-0.4, -0.2) is 56.7 Å². The van der Waals surface area contributed by atoms with Crippen LogP contribution in [-0.2, 0) is 11.3 Å². The van der Waals surface area contributed by atoms with Gasteiger partial charge < -0.3 is 15.1 Å². The van der Waals surface area contributed by atoms with Crippen molar-refractivity contribution in [3.8, 4) is 5.75 Å². The Balaban J connectivity index is 1.55. The summed E-state index contributed by atoms with van der Waals surface area (Å²) in [7, 11) is 0. The molecule has 3 aliphatic rings. The van der Waals surface area contributed by atoms with Crippen molar-refractivity contribution >= 4 is 17.5 Å². The molecule has 0 aromatic heterocycles. The monoisotopic (exact) mass is 392 g/mol. The zero-order valence-electron chi connectivity index (χ0n) is 15.7. The Morgan fingerprint density at radius 3 is 2.56 bits per heavy atom. The van der Waals surface area contributed by atoms with E-state index in [9.17, 15) is 15.0 Å². The Morgan fingerprint density at radius 1 is 1.11 bits per heavy atom. The summed E-state index contributed by atoms with van der Waals surface area (Å²) in [4.78, 5) is 18.0. The Morgan fingerprint density at radius 2 is 1.81 bits per heavy atom. The molecule has 2 aliphatic heterocycles. The van der Waals surface area contributed by atoms with Gasteiger partial charge in [0.25, 0.3) is 0 Å². The van der Waals surface area contributed by atoms with Gasteiger partial charge in [-0.3, -0.25) is 9.69 Å². The zero-order valence-corrected chi connectivity index (χ0v) is 16.5. The van der Waals surface area contributed by atoms with Crippen LogP contribution in [0.2, 0.25) is 5.02 Å². The van der Waals surface area contributed by atoms with E-state index in [1.54, 1.807) is 6.07 Å². The van der Waals surface area contributed by atoms with E-state index in [0.717, 1.165) is 70.0 Å². The van der Waals surface area contributed by atoms with Crippen LogP contribution in [0.3, 0.4) is 0 Å². The summed E-state index contributed by atoms with van der Waals surface area (Å²) in [5, 5.41) is 20.1. The van der Waals surface area contributed by atoms with Gasteiger partial charge in [-0.15, -0.1) is 0 Å². The van der Waals surface area contributed by atoms with Gasteiger partial charge in [0.2, 0.25) is 5.91 Å². The number of halogens is 1. The summed E-state index contributed by atoms with van der Waals surface area (Å²) in [5.74, 6) is 0.365. The van der Waals surface area contributed by atoms with Gasteiger partial charge in [0.1, 0.15) is 11.3 Å². The van der Waals surface area contributed by atoms with Gasteiger partial charge in [-0.05, 0) is 69.5 Å². The molecule has 4 rings (SSSR count). The van der Waals surface area contributed by atoms with Crippen molar-refractivity contribution in [2.45, 2.75) is 75.6 Å². The number of amides is 1. The van der Waals surface area contributed by atoms with Crippen molar-refractivity contribution < 1.29 is 15.0 Å². The maximum Gasteiger partial charge on any atom is 0.243 e. The number of piperidine rings is 1. The lowest BCUT2D eigenvalue weighted by Crippen LogP contribution is -2.62. The summed E-state index contributed by atoms with van der Waals surface area (Å²) in [6, 6.07) is 5.60. The van der Waals surface area contributed by atoms with E-state index in [0.29, 0.717) is 11.6 Å². The van der Waals surface area contributed by atoms with Crippen LogP contribution in [0, 0.1) is 0 Å². The molecule has 1 aromatic carbocycles. The molecule has 1 aliphatic carbocycles. The molecule has 27 heavy (non-hydrogen) atoms. The molecule has 0 radical (unpaired) electrons. The molecule has 148 valence electrons. The van der Waals surface area contributed by atoms with Crippen LogP contribution < -0.4 is 0 Å². The Labute approximate surface area is 165 Å². The highest BCUT2D eigenvalue weighted by atomic mass is 35.5. The highest BCUT2D eigenvalue weighted by Crippen LogP contribution is 2.42. The largest absolute Gasteiger partial charge is 0.506 e. The van der Waals surface area contributed by atoms with E-state index < -0.39 is 5.54 Å². The molecule has 1 saturated carbocycles. The first kappa shape index (κ1) is 19.0. The summed E-state index contributed by atoms with van der Waals surface area (Å²) in [5.41, 5.74) is 0.451. The third-order valence-electron chi connectivity index (χ3n) is 6.80. The molecule has 5 nitrogen and oxygen atoms in total. The van der Waals surface area contributed by atoms with Crippen molar-refractivity contribution in [1.29, 1.82) is 0 Å². The molecule has 0 bridgehead atoms. The third-order valence-corrected chi connectivity index (χ3v) is 7.23. The number of carbonyl (C=O) groups excluding carboxylic acids is 1. The smallest absolute Gasteiger partial charge is 0.243 e. The molecule has 2 saturated heterocycles. The van der Waals surface area contributed by atoms with Gasteiger partial charge >= 0.3 is 0 Å². The van der Waals surface area contributed by atoms with Gasteiger partial charge in [0, 0.05) is 19.1 Å². The standard InChI is InChI=1S/C21H29ClN2O3/c22-19-15(4-1-5-18(19)26)14-23-12-2-10-21(23)11-3-13-24(20(21)27)16-6-8-17(25)9-7-16/h1,4-5,16-17,25-26H,2-3,6-14H2. The van der Waals surface area contributed by atoms with Gasteiger partial charge in [-0.1, -0.05) is 23.7 Å². The van der Waals surface area contributed by atoms with Crippen molar-refractivity contribution in [2.75, 3.05) is 13.1 Å². The van der Waals surface area contributed by atoms with Crippen LogP contribution in [0.5, 0.6) is 5.75 Å². The number of rotatable bonds is 3. The lowest BCUT2D eigenvalue weighted by Gasteiger charge is -2.48. The van der Waals surface area contributed by atoms with Gasteiger partial charge in [-0.25, -0.2) is 0 Å². The first-order valence-electron chi connectivity index (χ1n) is 10.2. The summed E-state index contributed by atoms with van der Waals surface area (Å²) < 4.78 is 0. The number of aliphatic hydroxyl groups excluding tert-OH is 1. The molecular formula is C21H29ClN2O3. The quantitative estimate of drug-likeness (QED) is 0.828. The minimum Gasteiger partial charge on any atom is -0.506 e. The zero-order chi connectivity index (χ0) is 19.0. The molecule has 1 spiro atoms. The fraction of sp³-hybridized carbons (Fsp3) is 0.667. The fourth-order valence-corrected chi connectivity index (χ4v) is 5.51. The Hall–Kier alpha value is -1.30. The van der Waals surface area contributed by atoms with E-state index in [1.807, 2.05) is 12.1 Å². The number of phenolic OH excluding ortho intramolecular Hbond substituents is 1. The second-order valence-electron chi connectivity index (χ2n) is 8.37. The highest BCUT2D eigenvalue weighted by molar-refractivity contribution is 6.32. The molecule has 2 N–H and O–H groups in total. The number of aliphatic hydroxyl groups is 1. The predicted molar refractivity (Wildman–Crippen MR) is 105 cm³/mol. The number of hydrogen-bond donors (Lipinski definition) is 2. The first-order chi connectivity index (χ1) is 13.0. The molecule has 2 heterocycles. The maximum atomic E-state index is 13.6. The van der Waals surface area contributed by atoms with Crippen LogP contribution in [0.4, 0.5) is 0 Å². The van der Waals surface area contributed by atoms with Crippen LogP contribution in [0.15, 0.2) is 18.2 Å². The average Bonchev–Trinajstić information content (AvgIpc) is 3.05. The van der Waals surface area contributed by atoms with Crippen molar-refractivity contribution in [3.05, 3.63) is 28.8 Å². The maximum absolute atomic E-state index is 13.6. The molecular weight excluding hydrogens is 364 g/mol. The number of likely N-dealkylation sites (tertiary alicyclic amines) is 2. The lowest BCUT2D eigenvalue weighted by atomic mass is 9.82. The van der Waals surface area contributed by atoms with Gasteiger partial charge in [0.05, 0.1) is 11.1 Å². The fourth-order valence-electron chi connectivity index (χ4n) is 5.32. The summed E-state index contributed by atoms with van der Waals surface area (Å²) in [6.45, 7) is 2.31. The van der Waals surface area contributed by atoms with E-state index in [4.69, 9.17) is 11.6 Å². The predicted octanol–water partition coefficient (Wildman–Crippen LogP) is 3.31. The average molecular weight is 393 g/mol. The van der Waals surface area contributed by atoms with Crippen molar-refractivity contribution in [3.63, 3.8) is 0 Å². The second-order valence-corrected chi connectivity index (χ2v) is 8.75.